The smallest absolute Gasteiger partial charge is 0.0276 e. The number of rotatable bonds is 24. The summed E-state index contributed by atoms with van der Waals surface area (Å²) in [4.78, 5) is 0. The summed E-state index contributed by atoms with van der Waals surface area (Å²) in [6, 6.07) is 7.08. The van der Waals surface area contributed by atoms with E-state index in [2.05, 4.69) is 39.0 Å². The van der Waals surface area contributed by atoms with Crippen molar-refractivity contribution in [1.82, 2.24) is 0 Å². The molecule has 0 bridgehead atoms. The summed E-state index contributed by atoms with van der Waals surface area (Å²) in [5.74, 6) is 0. The van der Waals surface area contributed by atoms with Gasteiger partial charge in [-0.2, -0.15) is 0 Å². The Bertz CT molecular complexity index is 485. The van der Waals surface area contributed by atoms with Gasteiger partial charge in [0.2, 0.25) is 0 Å². The van der Waals surface area contributed by atoms with E-state index in [1.807, 2.05) is 0 Å². The first-order chi connectivity index (χ1) is 16.3. The second-order valence-electron chi connectivity index (χ2n) is 10.8. The van der Waals surface area contributed by atoms with Crippen molar-refractivity contribution in [2.75, 3.05) is 0 Å². The molecule has 1 rings (SSSR count). The van der Waals surface area contributed by atoms with Crippen LogP contribution >= 0.6 is 0 Å². The third kappa shape index (κ3) is 17.3. The Hall–Kier alpha value is -0.780. The van der Waals surface area contributed by atoms with E-state index in [0.717, 1.165) is 0 Å². The number of aryl methyl sites for hydroxylation is 2. The first-order valence-electron chi connectivity index (χ1n) is 15.4. The van der Waals surface area contributed by atoms with Crippen molar-refractivity contribution in [3.05, 3.63) is 34.9 Å². The maximum Gasteiger partial charge on any atom is -0.0276 e. The van der Waals surface area contributed by atoms with E-state index in [4.69, 9.17) is 0 Å². The second kappa shape index (κ2) is 23.0. The molecule has 0 atom stereocenters. The third-order valence-corrected chi connectivity index (χ3v) is 7.66. The maximum absolute atomic E-state index is 2.38. The van der Waals surface area contributed by atoms with E-state index in [1.54, 1.807) is 16.7 Å². The molecule has 0 aliphatic rings. The topological polar surface area (TPSA) is 0 Å². The van der Waals surface area contributed by atoms with Gasteiger partial charge in [0.05, 0.1) is 0 Å². The highest BCUT2D eigenvalue weighted by molar-refractivity contribution is 5.34. The summed E-state index contributed by atoms with van der Waals surface area (Å²) in [6.45, 7) is 6.98. The molecule has 0 heteroatoms. The Morgan fingerprint density at radius 2 is 0.667 bits per heavy atom. The molecule has 0 N–H and O–H groups in total. The lowest BCUT2D eigenvalue weighted by atomic mass is 9.94. The van der Waals surface area contributed by atoms with Gasteiger partial charge in [-0.05, 0) is 49.3 Å². The van der Waals surface area contributed by atoms with E-state index in [-0.39, 0.29) is 0 Å². The first-order valence-corrected chi connectivity index (χ1v) is 15.4. The summed E-state index contributed by atoms with van der Waals surface area (Å²) >= 11 is 0. The van der Waals surface area contributed by atoms with Crippen molar-refractivity contribution in [2.45, 2.75) is 175 Å². The predicted molar refractivity (Wildman–Crippen MR) is 152 cm³/mol. The van der Waals surface area contributed by atoms with Crippen LogP contribution in [-0.4, -0.2) is 0 Å². The highest BCUT2D eigenvalue weighted by atomic mass is 14.1. The van der Waals surface area contributed by atoms with Crippen LogP contribution < -0.4 is 0 Å². The molecule has 0 spiro atoms. The summed E-state index contributed by atoms with van der Waals surface area (Å²) in [7, 11) is 0. The summed E-state index contributed by atoms with van der Waals surface area (Å²) < 4.78 is 0. The molecule has 0 aromatic heterocycles. The zero-order valence-electron chi connectivity index (χ0n) is 23.2. The molecule has 0 heterocycles. The molecule has 33 heavy (non-hydrogen) atoms. The number of benzene rings is 1. The predicted octanol–water partition coefficient (Wildman–Crippen LogP) is 11.7. The average molecular weight is 457 g/mol. The van der Waals surface area contributed by atoms with Crippen molar-refractivity contribution in [1.29, 1.82) is 0 Å². The largest absolute Gasteiger partial charge is 0.0654 e. The Balaban J connectivity index is 2.03. The van der Waals surface area contributed by atoms with E-state index < -0.39 is 0 Å². The highest BCUT2D eigenvalue weighted by Crippen LogP contribution is 2.20. The van der Waals surface area contributed by atoms with Crippen LogP contribution in [0.15, 0.2) is 18.2 Å². The van der Waals surface area contributed by atoms with Gasteiger partial charge in [0.15, 0.2) is 0 Å². The fourth-order valence-corrected chi connectivity index (χ4v) is 5.24. The monoisotopic (exact) mass is 456 g/mol. The lowest BCUT2D eigenvalue weighted by Crippen LogP contribution is -1.97. The Morgan fingerprint density at radius 3 is 0.970 bits per heavy atom. The molecule has 0 aliphatic carbocycles. The minimum atomic E-state index is 1.29. The van der Waals surface area contributed by atoms with Gasteiger partial charge in [-0.1, -0.05) is 160 Å². The van der Waals surface area contributed by atoms with Crippen LogP contribution in [0, 0.1) is 6.92 Å². The fourth-order valence-electron chi connectivity index (χ4n) is 5.24. The van der Waals surface area contributed by atoms with Gasteiger partial charge in [-0.15, -0.1) is 0 Å². The average Bonchev–Trinajstić information content (AvgIpc) is 2.82. The van der Waals surface area contributed by atoms with Crippen LogP contribution in [0.4, 0.5) is 0 Å². The Labute approximate surface area is 209 Å². The SMILES string of the molecule is CCCCCCCCCCCCCc1cccc(CCCCCCCCCCCCC)c1C. The van der Waals surface area contributed by atoms with Crippen LogP contribution in [0.25, 0.3) is 0 Å². The molecule has 0 aliphatic heterocycles. The van der Waals surface area contributed by atoms with Gasteiger partial charge in [0.25, 0.3) is 0 Å². The number of hydrogen-bond acceptors (Lipinski definition) is 0. The molecule has 0 radical (unpaired) electrons. The minimum Gasteiger partial charge on any atom is -0.0654 e. The van der Waals surface area contributed by atoms with Crippen molar-refractivity contribution < 1.29 is 0 Å². The molecule has 0 amide bonds. The second-order valence-corrected chi connectivity index (χ2v) is 10.8. The Morgan fingerprint density at radius 1 is 0.394 bits per heavy atom. The van der Waals surface area contributed by atoms with Gasteiger partial charge in [-0.25, -0.2) is 0 Å². The van der Waals surface area contributed by atoms with Crippen molar-refractivity contribution in [2.24, 2.45) is 0 Å². The minimum absolute atomic E-state index is 1.29. The molecule has 192 valence electrons. The maximum atomic E-state index is 2.38. The van der Waals surface area contributed by atoms with Crippen LogP contribution in [0.3, 0.4) is 0 Å². The highest BCUT2D eigenvalue weighted by Gasteiger charge is 2.04. The summed E-state index contributed by atoms with van der Waals surface area (Å²) in [5.41, 5.74) is 4.83. The van der Waals surface area contributed by atoms with Crippen LogP contribution in [-0.2, 0) is 12.8 Å². The fraction of sp³-hybridized carbons (Fsp3) is 0.818. The molecule has 0 saturated carbocycles. The summed E-state index contributed by atoms with van der Waals surface area (Å²) in [6.07, 6.45) is 34.1. The Kier molecular flexibility index (Phi) is 21.1. The van der Waals surface area contributed by atoms with Crippen LogP contribution in [0.2, 0.25) is 0 Å². The van der Waals surface area contributed by atoms with E-state index in [0.29, 0.717) is 0 Å². The normalized spacial score (nSPS) is 11.4. The molecule has 0 saturated heterocycles. The van der Waals surface area contributed by atoms with Gasteiger partial charge in [-0.3, -0.25) is 0 Å². The molecule has 1 aromatic carbocycles. The molecule has 0 unspecified atom stereocenters. The lowest BCUT2D eigenvalue weighted by Gasteiger charge is -2.12. The standard InChI is InChI=1S/C33H60/c1-4-6-8-10-12-14-16-18-20-22-24-27-32-29-26-30-33(31(32)3)28-25-23-21-19-17-15-13-11-9-7-5-2/h26,29-30H,4-25,27-28H2,1-3H3. The first kappa shape index (κ1) is 30.3. The quantitative estimate of drug-likeness (QED) is 0.136. The third-order valence-electron chi connectivity index (χ3n) is 7.66. The van der Waals surface area contributed by atoms with Gasteiger partial charge < -0.3 is 0 Å². The van der Waals surface area contributed by atoms with Gasteiger partial charge >= 0.3 is 0 Å². The molecule has 0 nitrogen and oxygen atoms in total. The lowest BCUT2D eigenvalue weighted by molar-refractivity contribution is 0.548. The zero-order chi connectivity index (χ0) is 23.8. The summed E-state index contributed by atoms with van der Waals surface area (Å²) in [5, 5.41) is 0. The molecular formula is C33H60. The van der Waals surface area contributed by atoms with Crippen molar-refractivity contribution >= 4 is 0 Å². The van der Waals surface area contributed by atoms with E-state index in [9.17, 15) is 0 Å². The zero-order valence-corrected chi connectivity index (χ0v) is 23.2. The molecular weight excluding hydrogens is 396 g/mol. The van der Waals surface area contributed by atoms with E-state index >= 15 is 0 Å². The van der Waals surface area contributed by atoms with Gasteiger partial charge in [0.1, 0.15) is 0 Å². The number of hydrogen-bond donors (Lipinski definition) is 0. The van der Waals surface area contributed by atoms with Gasteiger partial charge in [0, 0.05) is 0 Å². The van der Waals surface area contributed by atoms with Crippen LogP contribution in [0.1, 0.15) is 172 Å². The van der Waals surface area contributed by atoms with Crippen molar-refractivity contribution in [3.63, 3.8) is 0 Å². The van der Waals surface area contributed by atoms with Crippen molar-refractivity contribution in [3.8, 4) is 0 Å². The number of unbranched alkanes of at least 4 members (excludes halogenated alkanes) is 20. The molecule has 1 aromatic rings. The van der Waals surface area contributed by atoms with E-state index in [1.165, 1.54) is 154 Å². The van der Waals surface area contributed by atoms with Crippen LogP contribution in [0.5, 0.6) is 0 Å². The molecule has 0 fully saturated rings.